The summed E-state index contributed by atoms with van der Waals surface area (Å²) in [4.78, 5) is 9.00. The number of guanidine groups is 1. The lowest BCUT2D eigenvalue weighted by Gasteiger charge is -2.15. The van der Waals surface area contributed by atoms with Crippen LogP contribution in [-0.4, -0.2) is 24.6 Å². The Bertz CT molecular complexity index is 753. The summed E-state index contributed by atoms with van der Waals surface area (Å²) >= 11 is 1.68. The molecule has 1 heterocycles. The van der Waals surface area contributed by atoms with E-state index in [1.165, 1.54) is 5.56 Å². The molecular formula is C20H31IN4OS. The molecule has 27 heavy (non-hydrogen) atoms. The fourth-order valence-electron chi connectivity index (χ4n) is 2.39. The van der Waals surface area contributed by atoms with Crippen LogP contribution < -0.4 is 15.4 Å². The van der Waals surface area contributed by atoms with Crippen LogP contribution in [0.1, 0.15) is 49.5 Å². The first kappa shape index (κ1) is 23.7. The SMILES string of the molecule is CCOc1cc(C)ccc1CNC(=NC)NCc1nc(C(C)(C)C)cs1.I. The van der Waals surface area contributed by atoms with Gasteiger partial charge in [-0.15, -0.1) is 35.3 Å². The van der Waals surface area contributed by atoms with Crippen molar-refractivity contribution in [2.75, 3.05) is 13.7 Å². The number of aromatic nitrogens is 1. The summed E-state index contributed by atoms with van der Waals surface area (Å²) in [5.74, 6) is 1.67. The maximum atomic E-state index is 5.74. The molecule has 0 aliphatic heterocycles. The summed E-state index contributed by atoms with van der Waals surface area (Å²) in [5, 5.41) is 9.87. The first-order chi connectivity index (χ1) is 12.3. The van der Waals surface area contributed by atoms with Gasteiger partial charge in [-0.05, 0) is 25.5 Å². The zero-order chi connectivity index (χ0) is 19.2. The molecule has 2 aromatic rings. The normalized spacial score (nSPS) is 11.7. The van der Waals surface area contributed by atoms with Crippen molar-refractivity contribution in [2.24, 2.45) is 4.99 Å². The quantitative estimate of drug-likeness (QED) is 0.344. The van der Waals surface area contributed by atoms with E-state index in [-0.39, 0.29) is 29.4 Å². The van der Waals surface area contributed by atoms with Crippen molar-refractivity contribution in [3.05, 3.63) is 45.4 Å². The number of benzene rings is 1. The summed E-state index contributed by atoms with van der Waals surface area (Å²) in [6.07, 6.45) is 0. The molecule has 0 aliphatic carbocycles. The second-order valence-electron chi connectivity index (χ2n) is 7.20. The lowest BCUT2D eigenvalue weighted by Crippen LogP contribution is -2.36. The van der Waals surface area contributed by atoms with Crippen LogP contribution in [0.5, 0.6) is 5.75 Å². The molecule has 0 saturated heterocycles. The lowest BCUT2D eigenvalue weighted by atomic mass is 9.93. The predicted molar refractivity (Wildman–Crippen MR) is 126 cm³/mol. The van der Waals surface area contributed by atoms with Crippen molar-refractivity contribution in [1.82, 2.24) is 15.6 Å². The molecule has 150 valence electrons. The molecule has 7 heteroatoms. The maximum absolute atomic E-state index is 5.74. The van der Waals surface area contributed by atoms with E-state index in [9.17, 15) is 0 Å². The van der Waals surface area contributed by atoms with Gasteiger partial charge in [0.1, 0.15) is 10.8 Å². The molecule has 0 unspecified atom stereocenters. The maximum Gasteiger partial charge on any atom is 0.191 e. The van der Waals surface area contributed by atoms with Gasteiger partial charge in [-0.3, -0.25) is 4.99 Å². The van der Waals surface area contributed by atoms with Gasteiger partial charge in [0.2, 0.25) is 0 Å². The Morgan fingerprint density at radius 3 is 2.52 bits per heavy atom. The smallest absolute Gasteiger partial charge is 0.191 e. The Labute approximate surface area is 184 Å². The summed E-state index contributed by atoms with van der Waals surface area (Å²) in [6.45, 7) is 12.6. The highest BCUT2D eigenvalue weighted by Gasteiger charge is 2.17. The van der Waals surface area contributed by atoms with Crippen molar-refractivity contribution in [1.29, 1.82) is 0 Å². The summed E-state index contributed by atoms with van der Waals surface area (Å²) < 4.78 is 5.74. The van der Waals surface area contributed by atoms with Crippen LogP contribution in [0.4, 0.5) is 0 Å². The number of nitrogens with one attached hydrogen (secondary N) is 2. The molecule has 5 nitrogen and oxygen atoms in total. The first-order valence-electron chi connectivity index (χ1n) is 8.95. The Kier molecular flexibility index (Phi) is 9.52. The molecule has 0 atom stereocenters. The van der Waals surface area contributed by atoms with Crippen LogP contribution >= 0.6 is 35.3 Å². The van der Waals surface area contributed by atoms with Crippen LogP contribution in [0.15, 0.2) is 28.6 Å². The van der Waals surface area contributed by atoms with Gasteiger partial charge in [-0.1, -0.05) is 32.9 Å². The third-order valence-corrected chi connectivity index (χ3v) is 4.77. The molecule has 0 spiro atoms. The van der Waals surface area contributed by atoms with Crippen molar-refractivity contribution in [3.8, 4) is 5.75 Å². The summed E-state index contributed by atoms with van der Waals surface area (Å²) in [7, 11) is 1.77. The zero-order valence-electron chi connectivity index (χ0n) is 17.0. The highest BCUT2D eigenvalue weighted by atomic mass is 127. The van der Waals surface area contributed by atoms with Crippen molar-refractivity contribution in [2.45, 2.75) is 53.1 Å². The fraction of sp³-hybridized carbons (Fsp3) is 0.500. The van der Waals surface area contributed by atoms with Gasteiger partial charge in [0.05, 0.1) is 18.8 Å². The van der Waals surface area contributed by atoms with Crippen LogP contribution in [0.2, 0.25) is 0 Å². The average molecular weight is 502 g/mol. The minimum Gasteiger partial charge on any atom is -0.494 e. The predicted octanol–water partition coefficient (Wildman–Crippen LogP) is 4.63. The van der Waals surface area contributed by atoms with Crippen LogP contribution in [0.25, 0.3) is 0 Å². The van der Waals surface area contributed by atoms with Crippen molar-refractivity contribution < 1.29 is 4.74 Å². The van der Waals surface area contributed by atoms with E-state index in [1.54, 1.807) is 18.4 Å². The molecule has 0 radical (unpaired) electrons. The number of halogens is 1. The van der Waals surface area contributed by atoms with E-state index in [1.807, 2.05) is 6.92 Å². The van der Waals surface area contributed by atoms with Gasteiger partial charge < -0.3 is 15.4 Å². The van der Waals surface area contributed by atoms with E-state index in [0.717, 1.165) is 28.0 Å². The van der Waals surface area contributed by atoms with E-state index in [4.69, 9.17) is 9.72 Å². The number of aryl methyl sites for hydroxylation is 1. The third-order valence-electron chi connectivity index (χ3n) is 3.92. The van der Waals surface area contributed by atoms with Crippen molar-refractivity contribution >= 4 is 41.3 Å². The van der Waals surface area contributed by atoms with Crippen LogP contribution in [0, 0.1) is 6.92 Å². The second kappa shape index (κ2) is 10.8. The minimum absolute atomic E-state index is 0. The van der Waals surface area contributed by atoms with E-state index < -0.39 is 0 Å². The highest BCUT2D eigenvalue weighted by Crippen LogP contribution is 2.24. The monoisotopic (exact) mass is 502 g/mol. The topological polar surface area (TPSA) is 58.5 Å². The van der Waals surface area contributed by atoms with Gasteiger partial charge in [0.15, 0.2) is 5.96 Å². The summed E-state index contributed by atoms with van der Waals surface area (Å²) in [5.41, 5.74) is 3.52. The Morgan fingerprint density at radius 1 is 1.22 bits per heavy atom. The second-order valence-corrected chi connectivity index (χ2v) is 8.14. The standard InChI is InChI=1S/C20H30N4OS.HI/c1-7-25-16-10-14(2)8-9-15(16)11-22-19(21-6)23-12-18-24-17(13-26-18)20(3,4)5;/h8-10,13H,7,11-12H2,1-6H3,(H2,21,22,23);1H. The van der Waals surface area contributed by atoms with Crippen molar-refractivity contribution in [3.63, 3.8) is 0 Å². The molecule has 1 aromatic carbocycles. The van der Waals surface area contributed by atoms with Crippen LogP contribution in [-0.2, 0) is 18.5 Å². The molecule has 0 bridgehead atoms. The molecular weight excluding hydrogens is 471 g/mol. The largest absolute Gasteiger partial charge is 0.494 e. The number of hydrogen-bond acceptors (Lipinski definition) is 4. The van der Waals surface area contributed by atoms with Gasteiger partial charge in [-0.25, -0.2) is 4.98 Å². The molecule has 2 N–H and O–H groups in total. The highest BCUT2D eigenvalue weighted by molar-refractivity contribution is 14.0. The molecule has 0 fully saturated rings. The van der Waals surface area contributed by atoms with Gasteiger partial charge >= 0.3 is 0 Å². The van der Waals surface area contributed by atoms with Crippen LogP contribution in [0.3, 0.4) is 0 Å². The number of aliphatic imine (C=N–C) groups is 1. The van der Waals surface area contributed by atoms with E-state index >= 15 is 0 Å². The molecule has 0 amide bonds. The number of nitrogens with zero attached hydrogens (tertiary/aromatic N) is 2. The first-order valence-corrected chi connectivity index (χ1v) is 9.83. The number of ether oxygens (including phenoxy) is 1. The Hall–Kier alpha value is -1.35. The minimum atomic E-state index is 0. The molecule has 0 aliphatic rings. The molecule has 0 saturated carbocycles. The van der Waals surface area contributed by atoms with E-state index in [0.29, 0.717) is 19.7 Å². The van der Waals surface area contributed by atoms with E-state index in [2.05, 4.69) is 66.9 Å². The Morgan fingerprint density at radius 2 is 1.93 bits per heavy atom. The zero-order valence-corrected chi connectivity index (χ0v) is 20.2. The molecule has 1 aromatic heterocycles. The average Bonchev–Trinajstić information content (AvgIpc) is 3.06. The fourth-order valence-corrected chi connectivity index (χ4v) is 3.35. The Balaban J connectivity index is 0.00000364. The van der Waals surface area contributed by atoms with Gasteiger partial charge in [0, 0.05) is 30.0 Å². The number of thiazole rings is 1. The third kappa shape index (κ3) is 7.29. The van der Waals surface area contributed by atoms with Gasteiger partial charge in [0.25, 0.3) is 0 Å². The number of hydrogen-bond donors (Lipinski definition) is 2. The lowest BCUT2D eigenvalue weighted by molar-refractivity contribution is 0.336. The summed E-state index contributed by atoms with van der Waals surface area (Å²) in [6, 6.07) is 6.26. The van der Waals surface area contributed by atoms with Gasteiger partial charge in [-0.2, -0.15) is 0 Å². The molecule has 2 rings (SSSR count). The number of rotatable bonds is 6.